The molecule has 0 aliphatic carbocycles. The highest BCUT2D eigenvalue weighted by Crippen LogP contribution is 2.24. The highest BCUT2D eigenvalue weighted by molar-refractivity contribution is 7.12. The number of carbonyl (C=O) groups excluding carboxylic acids is 1. The molecule has 94 valence electrons. The molecule has 3 N–H and O–H groups in total. The van der Waals surface area contributed by atoms with Crippen molar-refractivity contribution in [3.05, 3.63) is 46.2 Å². The molecule has 1 aromatic carbocycles. The number of benzene rings is 1. The Bertz CT molecular complexity index is 534. The van der Waals surface area contributed by atoms with E-state index in [-0.39, 0.29) is 5.91 Å². The Labute approximate surface area is 109 Å². The Morgan fingerprint density at radius 3 is 2.72 bits per heavy atom. The molecule has 0 aliphatic heterocycles. The smallest absolute Gasteiger partial charge is 0.265 e. The van der Waals surface area contributed by atoms with Crippen LogP contribution in [0.15, 0.2) is 35.7 Å². The number of anilines is 1. The number of carbonyl (C=O) groups is 1. The number of hydrogen-bond acceptors (Lipinski definition) is 4. The van der Waals surface area contributed by atoms with E-state index < -0.39 is 0 Å². The number of nitrogen functional groups attached to an aromatic ring is 1. The van der Waals surface area contributed by atoms with Gasteiger partial charge in [-0.3, -0.25) is 4.79 Å². The molecular formula is C13H14N2O2S. The summed E-state index contributed by atoms with van der Waals surface area (Å²) in [5.74, 6) is 0.480. The summed E-state index contributed by atoms with van der Waals surface area (Å²) in [4.78, 5) is 12.5. The van der Waals surface area contributed by atoms with Crippen molar-refractivity contribution in [2.75, 3.05) is 12.8 Å². The van der Waals surface area contributed by atoms with E-state index in [0.717, 1.165) is 5.56 Å². The first-order valence-electron chi connectivity index (χ1n) is 5.45. The van der Waals surface area contributed by atoms with Gasteiger partial charge in [-0.1, -0.05) is 12.1 Å². The van der Waals surface area contributed by atoms with Crippen molar-refractivity contribution in [3.8, 4) is 5.75 Å². The van der Waals surface area contributed by atoms with Gasteiger partial charge in [-0.15, -0.1) is 11.3 Å². The molecule has 1 aromatic heterocycles. The average molecular weight is 262 g/mol. The van der Waals surface area contributed by atoms with Crippen LogP contribution in [0.3, 0.4) is 0 Å². The highest BCUT2D eigenvalue weighted by Gasteiger charge is 2.13. The van der Waals surface area contributed by atoms with E-state index in [0.29, 0.717) is 22.9 Å². The van der Waals surface area contributed by atoms with E-state index in [2.05, 4.69) is 5.32 Å². The van der Waals surface area contributed by atoms with Gasteiger partial charge in [-0.2, -0.15) is 0 Å². The van der Waals surface area contributed by atoms with Crippen molar-refractivity contribution >= 4 is 22.9 Å². The van der Waals surface area contributed by atoms with E-state index in [1.54, 1.807) is 13.2 Å². The van der Waals surface area contributed by atoms with Crippen LogP contribution in [0.4, 0.5) is 5.69 Å². The molecule has 5 heteroatoms. The summed E-state index contributed by atoms with van der Waals surface area (Å²) in [6.07, 6.45) is 0. The molecule has 0 spiro atoms. The lowest BCUT2D eigenvalue weighted by Crippen LogP contribution is -2.22. The summed E-state index contributed by atoms with van der Waals surface area (Å²) >= 11 is 1.36. The van der Waals surface area contributed by atoms with Gasteiger partial charge >= 0.3 is 0 Å². The number of ether oxygens (including phenoxy) is 1. The zero-order valence-corrected chi connectivity index (χ0v) is 10.8. The molecular weight excluding hydrogens is 248 g/mol. The van der Waals surface area contributed by atoms with Crippen LogP contribution < -0.4 is 15.8 Å². The van der Waals surface area contributed by atoms with Gasteiger partial charge in [0.05, 0.1) is 7.11 Å². The lowest BCUT2D eigenvalue weighted by Gasteiger charge is -2.06. The third kappa shape index (κ3) is 2.81. The molecule has 0 saturated carbocycles. The number of methoxy groups -OCH3 is 1. The molecule has 1 heterocycles. The summed E-state index contributed by atoms with van der Waals surface area (Å²) in [5.41, 5.74) is 7.32. The second-order valence-electron chi connectivity index (χ2n) is 3.74. The number of hydrogen-bond donors (Lipinski definition) is 2. The van der Waals surface area contributed by atoms with E-state index in [1.807, 2.05) is 29.6 Å². The fourth-order valence-corrected chi connectivity index (χ4v) is 2.30. The molecule has 0 fully saturated rings. The van der Waals surface area contributed by atoms with Crippen LogP contribution in [-0.4, -0.2) is 13.0 Å². The van der Waals surface area contributed by atoms with Crippen molar-refractivity contribution < 1.29 is 9.53 Å². The zero-order chi connectivity index (χ0) is 13.0. The zero-order valence-electron chi connectivity index (χ0n) is 9.97. The average Bonchev–Trinajstić information content (AvgIpc) is 2.86. The Hall–Kier alpha value is -2.01. The number of nitrogens with one attached hydrogen (secondary N) is 1. The molecule has 0 saturated heterocycles. The van der Waals surface area contributed by atoms with Gasteiger partial charge in [0.15, 0.2) is 0 Å². The monoisotopic (exact) mass is 262 g/mol. The van der Waals surface area contributed by atoms with Crippen LogP contribution >= 0.6 is 11.3 Å². The van der Waals surface area contributed by atoms with Gasteiger partial charge in [0, 0.05) is 12.2 Å². The fourth-order valence-electron chi connectivity index (χ4n) is 1.52. The molecule has 4 nitrogen and oxygen atoms in total. The van der Waals surface area contributed by atoms with Gasteiger partial charge in [0.2, 0.25) is 0 Å². The van der Waals surface area contributed by atoms with Crippen molar-refractivity contribution in [2.24, 2.45) is 0 Å². The maximum Gasteiger partial charge on any atom is 0.265 e. The quantitative estimate of drug-likeness (QED) is 0.831. The number of rotatable bonds is 4. The summed E-state index contributed by atoms with van der Waals surface area (Å²) in [6, 6.07) is 9.19. The Morgan fingerprint density at radius 2 is 2.06 bits per heavy atom. The van der Waals surface area contributed by atoms with Crippen LogP contribution in [0.25, 0.3) is 0 Å². The first kappa shape index (κ1) is 12.4. The maximum absolute atomic E-state index is 11.9. The van der Waals surface area contributed by atoms with Crippen molar-refractivity contribution in [1.29, 1.82) is 0 Å². The van der Waals surface area contributed by atoms with Crippen LogP contribution in [0, 0.1) is 0 Å². The predicted octanol–water partition coefficient (Wildman–Crippen LogP) is 2.27. The largest absolute Gasteiger partial charge is 0.495 e. The second kappa shape index (κ2) is 5.55. The number of thiophene rings is 1. The van der Waals surface area contributed by atoms with Gasteiger partial charge < -0.3 is 15.8 Å². The van der Waals surface area contributed by atoms with Crippen LogP contribution in [0.1, 0.15) is 15.2 Å². The van der Waals surface area contributed by atoms with Gasteiger partial charge in [-0.05, 0) is 29.1 Å². The van der Waals surface area contributed by atoms with Crippen molar-refractivity contribution in [2.45, 2.75) is 6.54 Å². The third-order valence-electron chi connectivity index (χ3n) is 2.49. The molecule has 2 rings (SSSR count). The molecule has 18 heavy (non-hydrogen) atoms. The fraction of sp³-hybridized carbons (Fsp3) is 0.154. The van der Waals surface area contributed by atoms with E-state index >= 15 is 0 Å². The van der Waals surface area contributed by atoms with E-state index in [4.69, 9.17) is 10.5 Å². The molecule has 0 unspecified atom stereocenters. The minimum absolute atomic E-state index is 0.126. The topological polar surface area (TPSA) is 64.3 Å². The summed E-state index contributed by atoms with van der Waals surface area (Å²) < 4.78 is 5.11. The number of nitrogens with two attached hydrogens (primary N) is 1. The van der Waals surface area contributed by atoms with Gasteiger partial charge in [0.1, 0.15) is 10.6 Å². The maximum atomic E-state index is 11.9. The molecule has 1 amide bonds. The summed E-state index contributed by atoms with van der Waals surface area (Å²) in [7, 11) is 1.55. The van der Waals surface area contributed by atoms with Crippen LogP contribution in [0.5, 0.6) is 5.75 Å². The molecule has 0 aliphatic rings. The molecule has 0 bridgehead atoms. The Balaban J connectivity index is 1.98. The molecule has 0 radical (unpaired) electrons. The minimum Gasteiger partial charge on any atom is -0.495 e. The van der Waals surface area contributed by atoms with Crippen LogP contribution in [0.2, 0.25) is 0 Å². The lowest BCUT2D eigenvalue weighted by molar-refractivity contribution is 0.0952. The molecule has 0 atom stereocenters. The van der Waals surface area contributed by atoms with E-state index in [9.17, 15) is 4.79 Å². The molecule has 2 aromatic rings. The van der Waals surface area contributed by atoms with Gasteiger partial charge in [0.25, 0.3) is 5.91 Å². The predicted molar refractivity (Wildman–Crippen MR) is 72.9 cm³/mol. The lowest BCUT2D eigenvalue weighted by atomic mass is 10.2. The first-order valence-corrected chi connectivity index (χ1v) is 6.33. The summed E-state index contributed by atoms with van der Waals surface area (Å²) in [6.45, 7) is 0.472. The Morgan fingerprint density at radius 1 is 1.33 bits per heavy atom. The second-order valence-corrected chi connectivity index (χ2v) is 4.66. The number of amides is 1. The summed E-state index contributed by atoms with van der Waals surface area (Å²) in [5, 5.41) is 4.68. The first-order chi connectivity index (χ1) is 8.70. The third-order valence-corrected chi connectivity index (χ3v) is 3.38. The normalized spacial score (nSPS) is 10.1. The van der Waals surface area contributed by atoms with Crippen LogP contribution in [-0.2, 0) is 6.54 Å². The van der Waals surface area contributed by atoms with E-state index in [1.165, 1.54) is 11.3 Å². The van der Waals surface area contributed by atoms with Crippen molar-refractivity contribution in [1.82, 2.24) is 5.32 Å². The standard InChI is InChI=1S/C13H14N2O2S/c1-17-11-6-7-18-12(11)13(16)15-8-9-2-4-10(14)5-3-9/h2-7H,8,14H2,1H3,(H,15,16). The van der Waals surface area contributed by atoms with Crippen molar-refractivity contribution in [3.63, 3.8) is 0 Å². The highest BCUT2D eigenvalue weighted by atomic mass is 32.1. The minimum atomic E-state index is -0.126. The van der Waals surface area contributed by atoms with Gasteiger partial charge in [-0.25, -0.2) is 0 Å². The Kier molecular flexibility index (Phi) is 3.84. The SMILES string of the molecule is COc1ccsc1C(=O)NCc1ccc(N)cc1.